The molecule has 0 aromatic heterocycles. The minimum absolute atomic E-state index is 0.110. The molecule has 21 heavy (non-hydrogen) atoms. The molecule has 0 bridgehead atoms. The van der Waals surface area contributed by atoms with Crippen LogP contribution in [0, 0.1) is 11.8 Å². The third kappa shape index (κ3) is 3.61. The molecule has 2 rings (SSSR count). The molecule has 3 heteroatoms. The molecule has 1 aromatic rings. The van der Waals surface area contributed by atoms with Crippen LogP contribution >= 0.6 is 11.6 Å². The van der Waals surface area contributed by atoms with Crippen molar-refractivity contribution in [2.45, 2.75) is 51.6 Å². The second kappa shape index (κ2) is 6.68. The van der Waals surface area contributed by atoms with E-state index in [0.29, 0.717) is 6.04 Å². The second-order valence-electron chi connectivity index (χ2n) is 7.12. The Kier molecular flexibility index (Phi) is 5.34. The Bertz CT molecular complexity index is 464. The first kappa shape index (κ1) is 16.8. The molecule has 0 amide bonds. The predicted octanol–water partition coefficient (Wildman–Crippen LogP) is 4.49. The number of nitrogens with zero attached hydrogens (tertiary/aromatic N) is 1. The molecule has 0 aliphatic heterocycles. The number of likely N-dealkylation sites (N-methyl/N-ethyl adjacent to an activating group) is 1. The van der Waals surface area contributed by atoms with Gasteiger partial charge in [-0.25, -0.2) is 0 Å². The summed E-state index contributed by atoms with van der Waals surface area (Å²) < 4.78 is 0. The van der Waals surface area contributed by atoms with Gasteiger partial charge < -0.3 is 5.73 Å². The van der Waals surface area contributed by atoms with Crippen LogP contribution in [0.1, 0.15) is 51.6 Å². The van der Waals surface area contributed by atoms with Crippen molar-refractivity contribution in [2.24, 2.45) is 17.6 Å². The maximum absolute atomic E-state index is 6.24. The normalized spacial score (nSPS) is 31.4. The summed E-state index contributed by atoms with van der Waals surface area (Å²) in [6.45, 7) is 7.70. The zero-order valence-electron chi connectivity index (χ0n) is 13.8. The summed E-state index contributed by atoms with van der Waals surface area (Å²) in [4.78, 5) is 2.49. The van der Waals surface area contributed by atoms with Crippen LogP contribution < -0.4 is 5.73 Å². The van der Waals surface area contributed by atoms with Gasteiger partial charge in [-0.3, -0.25) is 4.90 Å². The standard InChI is InChI=1S/C18H29ClN2/c1-13-8-14(2)11-18(10-13,12-20)21(4)15(3)16-6-5-7-17(19)9-16/h5-7,9,13-15H,8,10-12,20H2,1-4H3. The smallest absolute Gasteiger partial charge is 0.0409 e. The Labute approximate surface area is 134 Å². The highest BCUT2D eigenvalue weighted by Gasteiger charge is 2.41. The van der Waals surface area contributed by atoms with E-state index in [1.165, 1.54) is 24.8 Å². The Morgan fingerprint density at radius 2 is 1.95 bits per heavy atom. The maximum atomic E-state index is 6.24. The van der Waals surface area contributed by atoms with Crippen LogP contribution in [0.25, 0.3) is 0 Å². The van der Waals surface area contributed by atoms with E-state index in [2.05, 4.69) is 44.9 Å². The van der Waals surface area contributed by atoms with E-state index in [0.717, 1.165) is 23.4 Å². The Hall–Kier alpha value is -0.570. The lowest BCUT2D eigenvalue weighted by Gasteiger charge is -2.50. The molecule has 0 radical (unpaired) electrons. The number of halogens is 1. The van der Waals surface area contributed by atoms with Gasteiger partial charge in [0.25, 0.3) is 0 Å². The molecule has 2 nitrogen and oxygen atoms in total. The summed E-state index contributed by atoms with van der Waals surface area (Å²) in [5.74, 6) is 1.48. The highest BCUT2D eigenvalue weighted by molar-refractivity contribution is 6.30. The quantitative estimate of drug-likeness (QED) is 0.888. The SMILES string of the molecule is CC1CC(C)CC(CN)(N(C)C(C)c2cccc(Cl)c2)C1. The first-order chi connectivity index (χ1) is 9.88. The zero-order chi connectivity index (χ0) is 15.6. The molecule has 1 aliphatic carbocycles. The number of hydrogen-bond acceptors (Lipinski definition) is 2. The summed E-state index contributed by atoms with van der Waals surface area (Å²) >= 11 is 6.15. The molecule has 1 fully saturated rings. The fourth-order valence-electron chi connectivity index (χ4n) is 4.23. The van der Waals surface area contributed by atoms with Gasteiger partial charge in [-0.2, -0.15) is 0 Å². The lowest BCUT2D eigenvalue weighted by Crippen LogP contribution is -2.56. The molecule has 1 aliphatic rings. The fourth-order valence-corrected chi connectivity index (χ4v) is 4.43. The third-order valence-electron chi connectivity index (χ3n) is 5.30. The van der Waals surface area contributed by atoms with Crippen molar-refractivity contribution in [2.75, 3.05) is 13.6 Å². The van der Waals surface area contributed by atoms with Crippen molar-refractivity contribution in [3.05, 3.63) is 34.9 Å². The van der Waals surface area contributed by atoms with Gasteiger partial charge in [0.2, 0.25) is 0 Å². The minimum Gasteiger partial charge on any atom is -0.329 e. The van der Waals surface area contributed by atoms with E-state index < -0.39 is 0 Å². The maximum Gasteiger partial charge on any atom is 0.0409 e. The molecule has 3 atom stereocenters. The van der Waals surface area contributed by atoms with Gasteiger partial charge >= 0.3 is 0 Å². The average molecular weight is 309 g/mol. The number of benzene rings is 1. The monoisotopic (exact) mass is 308 g/mol. The van der Waals surface area contributed by atoms with Crippen LogP contribution in [0.5, 0.6) is 0 Å². The molecule has 1 aromatic carbocycles. The molecule has 118 valence electrons. The van der Waals surface area contributed by atoms with E-state index in [1.54, 1.807) is 0 Å². The highest BCUT2D eigenvalue weighted by Crippen LogP contribution is 2.42. The first-order valence-electron chi connectivity index (χ1n) is 8.06. The third-order valence-corrected chi connectivity index (χ3v) is 5.54. The van der Waals surface area contributed by atoms with Crippen LogP contribution in [0.2, 0.25) is 5.02 Å². The lowest BCUT2D eigenvalue weighted by atomic mass is 9.70. The van der Waals surface area contributed by atoms with Gasteiger partial charge in [-0.15, -0.1) is 0 Å². The number of nitrogens with two attached hydrogens (primary N) is 1. The van der Waals surface area contributed by atoms with Gasteiger partial charge in [0, 0.05) is 23.1 Å². The summed E-state index contributed by atoms with van der Waals surface area (Å²) in [5.41, 5.74) is 7.62. The number of rotatable bonds is 4. The molecule has 0 heterocycles. The topological polar surface area (TPSA) is 29.3 Å². The Morgan fingerprint density at radius 3 is 2.48 bits per heavy atom. The zero-order valence-corrected chi connectivity index (χ0v) is 14.5. The second-order valence-corrected chi connectivity index (χ2v) is 7.56. The molecule has 0 saturated heterocycles. The van der Waals surface area contributed by atoms with Crippen LogP contribution in [0.4, 0.5) is 0 Å². The van der Waals surface area contributed by atoms with Crippen LogP contribution in [-0.4, -0.2) is 24.0 Å². The summed E-state index contributed by atoms with van der Waals surface area (Å²) in [6, 6.07) is 8.52. The van der Waals surface area contributed by atoms with Gasteiger partial charge in [0.05, 0.1) is 0 Å². The van der Waals surface area contributed by atoms with Gasteiger partial charge in [-0.05, 0) is 62.8 Å². The molecule has 3 unspecified atom stereocenters. The van der Waals surface area contributed by atoms with Crippen molar-refractivity contribution in [1.82, 2.24) is 4.90 Å². The average Bonchev–Trinajstić information content (AvgIpc) is 2.44. The Balaban J connectivity index is 2.25. The van der Waals surface area contributed by atoms with E-state index in [4.69, 9.17) is 17.3 Å². The predicted molar refractivity (Wildman–Crippen MR) is 91.6 cm³/mol. The Morgan fingerprint density at radius 1 is 1.33 bits per heavy atom. The molecular weight excluding hydrogens is 280 g/mol. The molecule has 2 N–H and O–H groups in total. The summed E-state index contributed by atoms with van der Waals surface area (Å²) in [5, 5.41) is 0.805. The van der Waals surface area contributed by atoms with Gasteiger partial charge in [0.15, 0.2) is 0 Å². The summed E-state index contributed by atoms with van der Waals surface area (Å²) in [7, 11) is 2.23. The first-order valence-corrected chi connectivity index (χ1v) is 8.44. The lowest BCUT2D eigenvalue weighted by molar-refractivity contribution is 0.0130. The van der Waals surface area contributed by atoms with Crippen LogP contribution in [0.15, 0.2) is 24.3 Å². The van der Waals surface area contributed by atoms with Crippen molar-refractivity contribution in [1.29, 1.82) is 0 Å². The van der Waals surface area contributed by atoms with Gasteiger partial charge in [0.1, 0.15) is 0 Å². The van der Waals surface area contributed by atoms with Crippen LogP contribution in [-0.2, 0) is 0 Å². The fraction of sp³-hybridized carbons (Fsp3) is 0.667. The van der Waals surface area contributed by atoms with Crippen LogP contribution in [0.3, 0.4) is 0 Å². The number of hydrogen-bond donors (Lipinski definition) is 1. The van der Waals surface area contributed by atoms with Crippen molar-refractivity contribution in [3.63, 3.8) is 0 Å². The van der Waals surface area contributed by atoms with E-state index >= 15 is 0 Å². The molecule has 0 spiro atoms. The molecule has 1 saturated carbocycles. The molecular formula is C18H29ClN2. The van der Waals surface area contributed by atoms with Gasteiger partial charge in [-0.1, -0.05) is 37.6 Å². The van der Waals surface area contributed by atoms with E-state index in [1.807, 2.05) is 12.1 Å². The van der Waals surface area contributed by atoms with Crippen molar-refractivity contribution in [3.8, 4) is 0 Å². The minimum atomic E-state index is 0.110. The van der Waals surface area contributed by atoms with E-state index in [-0.39, 0.29) is 5.54 Å². The van der Waals surface area contributed by atoms with E-state index in [9.17, 15) is 0 Å². The highest BCUT2D eigenvalue weighted by atomic mass is 35.5. The van der Waals surface area contributed by atoms with Crippen molar-refractivity contribution < 1.29 is 0 Å². The van der Waals surface area contributed by atoms with Crippen molar-refractivity contribution >= 4 is 11.6 Å². The summed E-state index contributed by atoms with van der Waals surface area (Å²) in [6.07, 6.45) is 3.70. The largest absolute Gasteiger partial charge is 0.329 e.